The van der Waals surface area contributed by atoms with Gasteiger partial charge in [-0.3, -0.25) is 19.4 Å². The van der Waals surface area contributed by atoms with Crippen LogP contribution in [0.15, 0.2) is 77.5 Å². The van der Waals surface area contributed by atoms with Crippen LogP contribution in [-0.4, -0.2) is 30.0 Å². The topological polar surface area (TPSA) is 72.0 Å². The number of amides is 2. The molecular formula is C23H18BrN3O4. The van der Waals surface area contributed by atoms with E-state index < -0.39 is 18.1 Å². The summed E-state index contributed by atoms with van der Waals surface area (Å²) in [6.07, 6.45) is 2.46. The Kier molecular flexibility index (Phi) is 4.95. The summed E-state index contributed by atoms with van der Waals surface area (Å²) in [5.41, 5.74) is 2.05. The largest absolute Gasteiger partial charge is 0.497 e. The molecule has 156 valence electrons. The molecule has 2 saturated heterocycles. The number of aromatic nitrogens is 1. The summed E-state index contributed by atoms with van der Waals surface area (Å²) in [5.74, 6) is -0.723. The van der Waals surface area contributed by atoms with Gasteiger partial charge < -0.3 is 4.74 Å². The Hall–Kier alpha value is -3.23. The van der Waals surface area contributed by atoms with Gasteiger partial charge in [-0.25, -0.2) is 9.96 Å². The van der Waals surface area contributed by atoms with Gasteiger partial charge in [-0.2, -0.15) is 0 Å². The van der Waals surface area contributed by atoms with Gasteiger partial charge in [0.05, 0.1) is 24.5 Å². The van der Waals surface area contributed by atoms with Crippen LogP contribution in [0.25, 0.3) is 0 Å². The first-order valence-electron chi connectivity index (χ1n) is 9.72. The van der Waals surface area contributed by atoms with Gasteiger partial charge in [0, 0.05) is 16.9 Å². The lowest BCUT2D eigenvalue weighted by Crippen LogP contribution is -2.37. The van der Waals surface area contributed by atoms with Crippen LogP contribution < -0.4 is 14.7 Å². The number of carbonyl (C=O) groups excluding carboxylic acids is 2. The van der Waals surface area contributed by atoms with Crippen LogP contribution in [0, 0.1) is 5.92 Å². The molecule has 3 atom stereocenters. The van der Waals surface area contributed by atoms with Crippen LogP contribution in [-0.2, 0) is 14.4 Å². The Bertz CT molecular complexity index is 1120. The Morgan fingerprint density at radius 1 is 0.968 bits per heavy atom. The summed E-state index contributed by atoms with van der Waals surface area (Å²) in [4.78, 5) is 38.3. The highest BCUT2D eigenvalue weighted by Gasteiger charge is 2.60. The molecule has 2 aliphatic rings. The predicted molar refractivity (Wildman–Crippen MR) is 117 cm³/mol. The third-order valence-corrected chi connectivity index (χ3v) is 6.08. The number of hydroxylamine groups is 1. The van der Waals surface area contributed by atoms with Gasteiger partial charge in [-0.1, -0.05) is 22.0 Å². The summed E-state index contributed by atoms with van der Waals surface area (Å²) in [6.45, 7) is 0. The molecule has 2 amide bonds. The number of pyridine rings is 1. The van der Waals surface area contributed by atoms with E-state index in [9.17, 15) is 9.59 Å². The molecule has 0 N–H and O–H groups in total. The van der Waals surface area contributed by atoms with Crippen LogP contribution in [0.4, 0.5) is 11.4 Å². The maximum Gasteiger partial charge on any atom is 0.266 e. The van der Waals surface area contributed by atoms with E-state index >= 15 is 0 Å². The lowest BCUT2D eigenvalue weighted by atomic mass is 9.91. The molecule has 0 aliphatic carbocycles. The van der Waals surface area contributed by atoms with E-state index in [1.54, 1.807) is 48.8 Å². The van der Waals surface area contributed by atoms with Crippen molar-refractivity contribution >= 4 is 39.1 Å². The number of benzene rings is 2. The maximum absolute atomic E-state index is 13.5. The van der Waals surface area contributed by atoms with E-state index in [4.69, 9.17) is 9.57 Å². The van der Waals surface area contributed by atoms with Crippen molar-refractivity contribution in [2.45, 2.75) is 12.1 Å². The van der Waals surface area contributed by atoms with E-state index in [2.05, 4.69) is 20.9 Å². The molecule has 3 heterocycles. The standard InChI is InChI=1S/C23H18BrN3O4/c1-30-18-10-8-16(9-11-18)26-22(28)19-20(14-3-2-12-25-13-14)27(31-21(19)23(26)29)17-6-4-15(24)5-7-17/h2-13,19-21H,1H3/t19-,20+,21+/m1/s1. The number of ether oxygens (including phenoxy) is 1. The third kappa shape index (κ3) is 3.28. The van der Waals surface area contributed by atoms with E-state index in [1.807, 2.05) is 36.4 Å². The molecule has 3 aromatic rings. The second kappa shape index (κ2) is 7.79. The van der Waals surface area contributed by atoms with Crippen molar-refractivity contribution in [3.63, 3.8) is 0 Å². The Morgan fingerprint density at radius 3 is 2.32 bits per heavy atom. The van der Waals surface area contributed by atoms with E-state index in [0.29, 0.717) is 11.4 Å². The minimum Gasteiger partial charge on any atom is -0.497 e. The van der Waals surface area contributed by atoms with Gasteiger partial charge in [0.15, 0.2) is 6.10 Å². The molecule has 31 heavy (non-hydrogen) atoms. The van der Waals surface area contributed by atoms with E-state index in [0.717, 1.165) is 15.7 Å². The highest BCUT2D eigenvalue weighted by molar-refractivity contribution is 9.10. The van der Waals surface area contributed by atoms with Gasteiger partial charge in [-0.05, 0) is 60.2 Å². The van der Waals surface area contributed by atoms with Crippen molar-refractivity contribution in [2.75, 3.05) is 17.1 Å². The number of imide groups is 1. The van der Waals surface area contributed by atoms with Gasteiger partial charge >= 0.3 is 0 Å². The van der Waals surface area contributed by atoms with Gasteiger partial charge in [0.2, 0.25) is 5.91 Å². The number of halogens is 1. The molecule has 8 heteroatoms. The SMILES string of the molecule is COc1ccc(N2C(=O)[C@H]3[C@H](ON(c4ccc(Br)cc4)[C@H]3c3cccnc3)C2=O)cc1. The summed E-state index contributed by atoms with van der Waals surface area (Å²) in [5, 5.41) is 1.65. The monoisotopic (exact) mass is 479 g/mol. The third-order valence-electron chi connectivity index (χ3n) is 5.55. The highest BCUT2D eigenvalue weighted by Crippen LogP contribution is 2.47. The molecule has 5 rings (SSSR count). The highest BCUT2D eigenvalue weighted by atomic mass is 79.9. The number of anilines is 2. The molecular weight excluding hydrogens is 462 g/mol. The smallest absolute Gasteiger partial charge is 0.266 e. The number of nitrogens with zero attached hydrogens (tertiary/aromatic N) is 3. The quantitative estimate of drug-likeness (QED) is 0.528. The predicted octanol–water partition coefficient (Wildman–Crippen LogP) is 3.90. The van der Waals surface area contributed by atoms with Crippen molar-refractivity contribution in [1.82, 2.24) is 4.98 Å². The molecule has 0 spiro atoms. The second-order valence-corrected chi connectivity index (χ2v) is 8.21. The van der Waals surface area contributed by atoms with Crippen molar-refractivity contribution in [2.24, 2.45) is 5.92 Å². The zero-order chi connectivity index (χ0) is 21.5. The summed E-state index contributed by atoms with van der Waals surface area (Å²) in [7, 11) is 1.56. The summed E-state index contributed by atoms with van der Waals surface area (Å²) < 4.78 is 6.10. The molecule has 0 unspecified atom stereocenters. The zero-order valence-corrected chi connectivity index (χ0v) is 18.1. The Labute approximate surface area is 187 Å². The first-order valence-corrected chi connectivity index (χ1v) is 10.5. The fourth-order valence-electron chi connectivity index (χ4n) is 4.10. The van der Waals surface area contributed by atoms with Crippen molar-refractivity contribution in [1.29, 1.82) is 0 Å². The Morgan fingerprint density at radius 2 is 1.68 bits per heavy atom. The van der Waals surface area contributed by atoms with Gasteiger partial charge in [0.1, 0.15) is 11.7 Å². The molecule has 0 bridgehead atoms. The van der Waals surface area contributed by atoms with Crippen LogP contribution in [0.5, 0.6) is 5.75 Å². The number of hydrogen-bond donors (Lipinski definition) is 0. The molecule has 1 aromatic heterocycles. The average molecular weight is 480 g/mol. The second-order valence-electron chi connectivity index (χ2n) is 7.30. The minimum absolute atomic E-state index is 0.298. The van der Waals surface area contributed by atoms with Crippen LogP contribution in [0.3, 0.4) is 0 Å². The molecule has 2 aliphatic heterocycles. The van der Waals surface area contributed by atoms with Crippen LogP contribution in [0.1, 0.15) is 11.6 Å². The number of rotatable bonds is 4. The fourth-order valence-corrected chi connectivity index (χ4v) is 4.37. The number of fused-ring (bicyclic) bond motifs is 1. The molecule has 0 saturated carbocycles. The van der Waals surface area contributed by atoms with Crippen molar-refractivity contribution < 1.29 is 19.2 Å². The number of carbonyl (C=O) groups is 2. The first-order chi connectivity index (χ1) is 15.1. The lowest BCUT2D eigenvalue weighted by molar-refractivity contribution is -0.126. The summed E-state index contributed by atoms with van der Waals surface area (Å²) in [6, 6.07) is 17.6. The molecule has 2 fully saturated rings. The first kappa shape index (κ1) is 19.7. The fraction of sp³-hybridized carbons (Fsp3) is 0.174. The summed E-state index contributed by atoms with van der Waals surface area (Å²) >= 11 is 3.43. The van der Waals surface area contributed by atoms with Crippen molar-refractivity contribution in [3.05, 3.63) is 83.1 Å². The Balaban J connectivity index is 1.55. The van der Waals surface area contributed by atoms with E-state index in [1.165, 1.54) is 4.90 Å². The zero-order valence-electron chi connectivity index (χ0n) is 16.5. The minimum atomic E-state index is -0.913. The number of methoxy groups -OCH3 is 1. The van der Waals surface area contributed by atoms with Crippen LogP contribution >= 0.6 is 15.9 Å². The molecule has 7 nitrogen and oxygen atoms in total. The van der Waals surface area contributed by atoms with Crippen LogP contribution in [0.2, 0.25) is 0 Å². The van der Waals surface area contributed by atoms with E-state index in [-0.39, 0.29) is 11.8 Å². The lowest BCUT2D eigenvalue weighted by Gasteiger charge is -2.28. The van der Waals surface area contributed by atoms with Gasteiger partial charge in [0.25, 0.3) is 5.91 Å². The van der Waals surface area contributed by atoms with Gasteiger partial charge in [-0.15, -0.1) is 0 Å². The maximum atomic E-state index is 13.5. The normalized spacial score (nSPS) is 22.7. The molecule has 0 radical (unpaired) electrons. The number of hydrogen-bond acceptors (Lipinski definition) is 6. The molecule has 2 aromatic carbocycles. The average Bonchev–Trinajstić information content (AvgIpc) is 3.31. The van der Waals surface area contributed by atoms with Crippen molar-refractivity contribution in [3.8, 4) is 5.75 Å².